The highest BCUT2D eigenvalue weighted by molar-refractivity contribution is 7.05. The third-order valence-corrected chi connectivity index (χ3v) is 2.86. The van der Waals surface area contributed by atoms with Gasteiger partial charge in [-0.1, -0.05) is 0 Å². The molecule has 1 aromatic heterocycles. The van der Waals surface area contributed by atoms with E-state index in [9.17, 15) is 0 Å². The monoisotopic (exact) mass is 199 g/mol. The van der Waals surface area contributed by atoms with Gasteiger partial charge in [-0.2, -0.15) is 4.37 Å². The maximum Gasteiger partial charge on any atom is 0.225 e. The summed E-state index contributed by atoms with van der Waals surface area (Å²) in [6.45, 7) is 2.95. The van der Waals surface area contributed by atoms with Gasteiger partial charge in [0, 0.05) is 36.6 Å². The summed E-state index contributed by atoms with van der Waals surface area (Å²) in [7, 11) is 1.64. The molecular formula is C8H13N3OS. The summed E-state index contributed by atoms with van der Waals surface area (Å²) in [5, 5.41) is 0. The van der Waals surface area contributed by atoms with Gasteiger partial charge in [0.15, 0.2) is 0 Å². The first kappa shape index (κ1) is 8.93. The number of nitrogens with two attached hydrogens (primary N) is 1. The Kier molecular flexibility index (Phi) is 2.48. The number of hydrogen-bond donors (Lipinski definition) is 1. The Morgan fingerprint density at radius 2 is 2.54 bits per heavy atom. The first-order valence-electron chi connectivity index (χ1n) is 4.25. The predicted molar refractivity (Wildman–Crippen MR) is 51.9 cm³/mol. The van der Waals surface area contributed by atoms with Crippen molar-refractivity contribution in [1.29, 1.82) is 0 Å². The molecule has 5 heteroatoms. The molecule has 2 rings (SSSR count). The van der Waals surface area contributed by atoms with E-state index in [1.54, 1.807) is 7.11 Å². The summed E-state index contributed by atoms with van der Waals surface area (Å²) in [6, 6.07) is 2.35. The van der Waals surface area contributed by atoms with Crippen LogP contribution >= 0.6 is 11.5 Å². The normalized spacial score (nSPS) is 18.6. The van der Waals surface area contributed by atoms with Crippen molar-refractivity contribution < 1.29 is 4.74 Å². The summed E-state index contributed by atoms with van der Waals surface area (Å²) >= 11 is 1.50. The summed E-state index contributed by atoms with van der Waals surface area (Å²) in [4.78, 5) is 3.54. The molecular weight excluding hydrogens is 186 g/mol. The van der Waals surface area contributed by atoms with Crippen molar-refractivity contribution in [3.8, 4) is 5.88 Å². The van der Waals surface area contributed by atoms with Gasteiger partial charge < -0.3 is 10.5 Å². The van der Waals surface area contributed by atoms with Crippen molar-refractivity contribution in [2.24, 2.45) is 5.73 Å². The van der Waals surface area contributed by atoms with Crippen LogP contribution < -0.4 is 10.5 Å². The molecule has 0 spiro atoms. The van der Waals surface area contributed by atoms with Crippen molar-refractivity contribution in [2.45, 2.75) is 12.6 Å². The molecule has 0 radical (unpaired) electrons. The van der Waals surface area contributed by atoms with Gasteiger partial charge in [0.25, 0.3) is 0 Å². The molecule has 13 heavy (non-hydrogen) atoms. The fraction of sp³-hybridized carbons (Fsp3) is 0.625. The average Bonchev–Trinajstić information content (AvgIpc) is 2.50. The van der Waals surface area contributed by atoms with Crippen molar-refractivity contribution in [2.75, 3.05) is 20.2 Å². The second kappa shape index (κ2) is 3.61. The standard InChI is InChI=1S/C8H13N3OS/c1-12-8-2-7(13-10-8)5-11-3-6(9)4-11/h2,6H,3-5,9H2,1H3. The Labute approximate surface area is 81.5 Å². The molecule has 0 unspecified atom stereocenters. The molecule has 2 N–H and O–H groups in total. The largest absolute Gasteiger partial charge is 0.480 e. The van der Waals surface area contributed by atoms with Gasteiger partial charge in [0.1, 0.15) is 0 Å². The summed E-state index contributed by atoms with van der Waals surface area (Å²) < 4.78 is 9.13. The molecule has 0 atom stereocenters. The zero-order chi connectivity index (χ0) is 9.26. The van der Waals surface area contributed by atoms with Crippen molar-refractivity contribution >= 4 is 11.5 Å². The first-order chi connectivity index (χ1) is 6.28. The van der Waals surface area contributed by atoms with Gasteiger partial charge in [-0.25, -0.2) is 0 Å². The Hall–Kier alpha value is -0.650. The molecule has 2 heterocycles. The third-order valence-electron chi connectivity index (χ3n) is 2.11. The third kappa shape index (κ3) is 1.99. The van der Waals surface area contributed by atoms with Crippen LogP contribution in [0.2, 0.25) is 0 Å². The fourth-order valence-corrected chi connectivity index (χ4v) is 2.15. The molecule has 1 fully saturated rings. The van der Waals surface area contributed by atoms with Crippen LogP contribution in [0.4, 0.5) is 0 Å². The van der Waals surface area contributed by atoms with Crippen LogP contribution in [0, 0.1) is 0 Å². The minimum Gasteiger partial charge on any atom is -0.480 e. The van der Waals surface area contributed by atoms with Gasteiger partial charge in [0.05, 0.1) is 7.11 Å². The number of nitrogens with zero attached hydrogens (tertiary/aromatic N) is 2. The number of methoxy groups -OCH3 is 1. The van der Waals surface area contributed by atoms with Crippen molar-refractivity contribution in [3.63, 3.8) is 0 Å². The lowest BCUT2D eigenvalue weighted by atomic mass is 10.1. The average molecular weight is 199 g/mol. The van der Waals surface area contributed by atoms with Crippen LogP contribution in [-0.4, -0.2) is 35.5 Å². The van der Waals surface area contributed by atoms with Gasteiger partial charge in [-0.3, -0.25) is 4.90 Å². The van der Waals surface area contributed by atoms with E-state index < -0.39 is 0 Å². The van der Waals surface area contributed by atoms with Crippen LogP contribution in [0.15, 0.2) is 6.07 Å². The topological polar surface area (TPSA) is 51.4 Å². The summed E-state index contributed by atoms with van der Waals surface area (Å²) in [5.74, 6) is 0.713. The number of rotatable bonds is 3. The summed E-state index contributed by atoms with van der Waals surface area (Å²) in [5.41, 5.74) is 5.68. The van der Waals surface area contributed by atoms with E-state index in [2.05, 4.69) is 9.27 Å². The Morgan fingerprint density at radius 3 is 3.08 bits per heavy atom. The molecule has 0 aromatic carbocycles. The van der Waals surface area contributed by atoms with Crippen LogP contribution in [-0.2, 0) is 6.54 Å². The molecule has 0 saturated carbocycles. The second-order valence-electron chi connectivity index (χ2n) is 3.29. The Bertz CT molecular complexity index is 283. The van der Waals surface area contributed by atoms with Crippen LogP contribution in [0.5, 0.6) is 5.88 Å². The Balaban J connectivity index is 1.87. The van der Waals surface area contributed by atoms with E-state index in [1.807, 2.05) is 6.07 Å². The molecule has 1 saturated heterocycles. The Morgan fingerprint density at radius 1 is 1.77 bits per heavy atom. The van der Waals surface area contributed by atoms with Crippen LogP contribution in [0.3, 0.4) is 0 Å². The number of hydrogen-bond acceptors (Lipinski definition) is 5. The molecule has 0 aliphatic carbocycles. The van der Waals surface area contributed by atoms with Crippen LogP contribution in [0.1, 0.15) is 4.88 Å². The van der Waals surface area contributed by atoms with Gasteiger partial charge in [0.2, 0.25) is 5.88 Å². The van der Waals surface area contributed by atoms with E-state index in [0.29, 0.717) is 11.9 Å². The van der Waals surface area contributed by atoms with Crippen LogP contribution in [0.25, 0.3) is 0 Å². The van der Waals surface area contributed by atoms with E-state index >= 15 is 0 Å². The van der Waals surface area contributed by atoms with Gasteiger partial charge in [-0.15, -0.1) is 0 Å². The fourth-order valence-electron chi connectivity index (χ4n) is 1.42. The molecule has 0 bridgehead atoms. The SMILES string of the molecule is COc1cc(CN2CC(N)C2)sn1. The zero-order valence-electron chi connectivity index (χ0n) is 7.56. The van der Waals surface area contributed by atoms with E-state index in [4.69, 9.17) is 10.5 Å². The predicted octanol–water partition coefficient (Wildman–Crippen LogP) is 0.295. The number of aromatic nitrogens is 1. The van der Waals surface area contributed by atoms with E-state index in [1.165, 1.54) is 16.4 Å². The van der Waals surface area contributed by atoms with Gasteiger partial charge >= 0.3 is 0 Å². The molecule has 0 amide bonds. The maximum absolute atomic E-state index is 5.68. The van der Waals surface area contributed by atoms with Gasteiger partial charge in [-0.05, 0) is 11.5 Å². The molecule has 1 aromatic rings. The van der Waals surface area contributed by atoms with E-state index in [-0.39, 0.29) is 0 Å². The maximum atomic E-state index is 5.68. The second-order valence-corrected chi connectivity index (χ2v) is 4.18. The minimum absolute atomic E-state index is 0.370. The molecule has 1 aliphatic heterocycles. The molecule has 1 aliphatic rings. The first-order valence-corrected chi connectivity index (χ1v) is 5.03. The van der Waals surface area contributed by atoms with E-state index in [0.717, 1.165) is 19.6 Å². The lowest BCUT2D eigenvalue weighted by Gasteiger charge is -2.36. The quantitative estimate of drug-likeness (QED) is 0.760. The molecule has 4 nitrogen and oxygen atoms in total. The lowest BCUT2D eigenvalue weighted by Crippen LogP contribution is -2.54. The number of ether oxygens (including phenoxy) is 1. The minimum atomic E-state index is 0.370. The highest BCUT2D eigenvalue weighted by Gasteiger charge is 2.23. The molecule has 72 valence electrons. The lowest BCUT2D eigenvalue weighted by molar-refractivity contribution is 0.144. The zero-order valence-corrected chi connectivity index (χ0v) is 8.38. The smallest absolute Gasteiger partial charge is 0.225 e. The van der Waals surface area contributed by atoms with Crippen molar-refractivity contribution in [3.05, 3.63) is 10.9 Å². The highest BCUT2D eigenvalue weighted by atomic mass is 32.1. The van der Waals surface area contributed by atoms with Crippen molar-refractivity contribution in [1.82, 2.24) is 9.27 Å². The summed E-state index contributed by atoms with van der Waals surface area (Å²) in [6.07, 6.45) is 0. The highest BCUT2D eigenvalue weighted by Crippen LogP contribution is 2.19. The number of likely N-dealkylation sites (tertiary alicyclic amines) is 1.